The number of Topliss-reactive ketones (excluding diaryl/α,β-unsaturated/α-hetero) is 1. The first-order valence-electron chi connectivity index (χ1n) is 4.95. The molecular formula is C10H16O2. The second-order valence-corrected chi connectivity index (χ2v) is 4.27. The lowest BCUT2D eigenvalue weighted by atomic mass is 9.70. The summed E-state index contributed by atoms with van der Waals surface area (Å²) in [5, 5.41) is 9.43. The van der Waals surface area contributed by atoms with Crippen molar-refractivity contribution in [1.29, 1.82) is 0 Å². The van der Waals surface area contributed by atoms with Crippen LogP contribution < -0.4 is 0 Å². The standard InChI is InChI=1S/C10H16O2/c11-9-3-1-7-5-10(12)4-2-8(7)6-9/h7-9,11H,1-6H2/t7-,8+,9-/m0/s1. The summed E-state index contributed by atoms with van der Waals surface area (Å²) < 4.78 is 0. The molecule has 0 spiro atoms. The van der Waals surface area contributed by atoms with Crippen molar-refractivity contribution in [2.45, 2.75) is 44.6 Å². The van der Waals surface area contributed by atoms with Crippen LogP contribution in [0.2, 0.25) is 0 Å². The molecule has 2 fully saturated rings. The van der Waals surface area contributed by atoms with Gasteiger partial charge in [-0.15, -0.1) is 0 Å². The molecule has 2 aliphatic rings. The van der Waals surface area contributed by atoms with Crippen LogP contribution in [-0.2, 0) is 4.79 Å². The van der Waals surface area contributed by atoms with Gasteiger partial charge in [-0.1, -0.05) is 0 Å². The van der Waals surface area contributed by atoms with Gasteiger partial charge >= 0.3 is 0 Å². The van der Waals surface area contributed by atoms with Crippen molar-refractivity contribution in [3.8, 4) is 0 Å². The molecule has 3 atom stereocenters. The summed E-state index contributed by atoms with van der Waals surface area (Å²) in [4.78, 5) is 11.1. The minimum atomic E-state index is -0.0838. The van der Waals surface area contributed by atoms with E-state index in [-0.39, 0.29) is 6.10 Å². The monoisotopic (exact) mass is 168 g/mol. The summed E-state index contributed by atoms with van der Waals surface area (Å²) in [6.45, 7) is 0. The minimum Gasteiger partial charge on any atom is -0.393 e. The first-order chi connectivity index (χ1) is 5.75. The van der Waals surface area contributed by atoms with Gasteiger partial charge in [0.1, 0.15) is 5.78 Å². The summed E-state index contributed by atoms with van der Waals surface area (Å²) in [5.74, 6) is 1.69. The summed E-state index contributed by atoms with van der Waals surface area (Å²) in [5.41, 5.74) is 0. The number of hydrogen-bond acceptors (Lipinski definition) is 2. The van der Waals surface area contributed by atoms with Gasteiger partial charge in [0.2, 0.25) is 0 Å². The highest BCUT2D eigenvalue weighted by Crippen LogP contribution is 2.39. The van der Waals surface area contributed by atoms with E-state index in [2.05, 4.69) is 0 Å². The number of aliphatic hydroxyl groups excluding tert-OH is 1. The Bertz CT molecular complexity index is 188. The Kier molecular flexibility index (Phi) is 2.18. The quantitative estimate of drug-likeness (QED) is 0.595. The van der Waals surface area contributed by atoms with Gasteiger partial charge in [0.25, 0.3) is 0 Å². The molecule has 0 bridgehead atoms. The molecule has 0 aromatic carbocycles. The van der Waals surface area contributed by atoms with Crippen LogP contribution in [0, 0.1) is 11.8 Å². The van der Waals surface area contributed by atoms with Crippen LogP contribution in [0.4, 0.5) is 0 Å². The van der Waals surface area contributed by atoms with E-state index in [4.69, 9.17) is 0 Å². The molecule has 0 amide bonds. The van der Waals surface area contributed by atoms with Gasteiger partial charge in [0, 0.05) is 12.8 Å². The Morgan fingerprint density at radius 3 is 2.83 bits per heavy atom. The highest BCUT2D eigenvalue weighted by atomic mass is 16.3. The first-order valence-corrected chi connectivity index (χ1v) is 4.95. The largest absolute Gasteiger partial charge is 0.393 e. The lowest BCUT2D eigenvalue weighted by Crippen LogP contribution is -2.33. The molecule has 2 aliphatic carbocycles. The average molecular weight is 168 g/mol. The van der Waals surface area contributed by atoms with E-state index in [0.29, 0.717) is 17.6 Å². The average Bonchev–Trinajstić information content (AvgIpc) is 2.05. The van der Waals surface area contributed by atoms with Crippen LogP contribution in [0.15, 0.2) is 0 Å². The normalized spacial score (nSPS) is 42.4. The third-order valence-corrected chi connectivity index (χ3v) is 3.40. The predicted octanol–water partition coefficient (Wildman–Crippen LogP) is 1.52. The summed E-state index contributed by atoms with van der Waals surface area (Å²) in [7, 11) is 0. The first kappa shape index (κ1) is 8.24. The maximum Gasteiger partial charge on any atom is 0.133 e. The van der Waals surface area contributed by atoms with E-state index >= 15 is 0 Å². The van der Waals surface area contributed by atoms with Crippen molar-refractivity contribution in [3.05, 3.63) is 0 Å². The second kappa shape index (κ2) is 3.17. The van der Waals surface area contributed by atoms with Crippen molar-refractivity contribution >= 4 is 5.78 Å². The maximum absolute atomic E-state index is 11.1. The summed E-state index contributed by atoms with van der Waals surface area (Å²) in [6, 6.07) is 0. The Morgan fingerprint density at radius 2 is 2.00 bits per heavy atom. The molecule has 2 nitrogen and oxygen atoms in total. The molecule has 0 saturated heterocycles. The molecule has 0 unspecified atom stereocenters. The molecule has 0 aromatic rings. The predicted molar refractivity (Wildman–Crippen MR) is 45.7 cm³/mol. The summed E-state index contributed by atoms with van der Waals surface area (Å²) in [6.07, 6.45) is 5.41. The van der Waals surface area contributed by atoms with Gasteiger partial charge in [-0.05, 0) is 37.5 Å². The van der Waals surface area contributed by atoms with Crippen molar-refractivity contribution in [2.75, 3.05) is 0 Å². The number of fused-ring (bicyclic) bond motifs is 1. The van der Waals surface area contributed by atoms with E-state index in [1.165, 1.54) is 0 Å². The third kappa shape index (κ3) is 1.53. The smallest absolute Gasteiger partial charge is 0.133 e. The van der Waals surface area contributed by atoms with Gasteiger partial charge in [0.05, 0.1) is 6.10 Å². The molecule has 2 heteroatoms. The van der Waals surface area contributed by atoms with Crippen molar-refractivity contribution in [3.63, 3.8) is 0 Å². The Balaban J connectivity index is 1.98. The fourth-order valence-electron chi connectivity index (χ4n) is 2.67. The van der Waals surface area contributed by atoms with E-state index in [1.807, 2.05) is 0 Å². The third-order valence-electron chi connectivity index (χ3n) is 3.40. The molecule has 1 N–H and O–H groups in total. The fraction of sp³-hybridized carbons (Fsp3) is 0.900. The molecule has 0 heterocycles. The topological polar surface area (TPSA) is 37.3 Å². The lowest BCUT2D eigenvalue weighted by molar-refractivity contribution is -0.124. The van der Waals surface area contributed by atoms with E-state index < -0.39 is 0 Å². The number of rotatable bonds is 0. The minimum absolute atomic E-state index is 0.0838. The van der Waals surface area contributed by atoms with Gasteiger partial charge in [0.15, 0.2) is 0 Å². The summed E-state index contributed by atoms with van der Waals surface area (Å²) >= 11 is 0. The van der Waals surface area contributed by atoms with Gasteiger partial charge in [-0.3, -0.25) is 4.79 Å². The number of hydrogen-bond donors (Lipinski definition) is 1. The molecule has 68 valence electrons. The molecule has 2 rings (SSSR count). The van der Waals surface area contributed by atoms with Crippen molar-refractivity contribution < 1.29 is 9.90 Å². The second-order valence-electron chi connectivity index (χ2n) is 4.27. The van der Waals surface area contributed by atoms with E-state index in [1.54, 1.807) is 0 Å². The Morgan fingerprint density at radius 1 is 1.17 bits per heavy atom. The zero-order valence-electron chi connectivity index (χ0n) is 7.33. The van der Waals surface area contributed by atoms with E-state index in [9.17, 15) is 9.90 Å². The number of carbonyl (C=O) groups is 1. The van der Waals surface area contributed by atoms with Crippen LogP contribution in [0.3, 0.4) is 0 Å². The van der Waals surface area contributed by atoms with E-state index in [0.717, 1.165) is 38.5 Å². The molecule has 2 saturated carbocycles. The number of ketones is 1. The molecule has 0 aromatic heterocycles. The lowest BCUT2D eigenvalue weighted by Gasteiger charge is -2.36. The highest BCUT2D eigenvalue weighted by molar-refractivity contribution is 5.79. The maximum atomic E-state index is 11.1. The van der Waals surface area contributed by atoms with Gasteiger partial charge in [-0.2, -0.15) is 0 Å². The van der Waals surface area contributed by atoms with Crippen LogP contribution >= 0.6 is 0 Å². The number of aliphatic hydroxyl groups is 1. The van der Waals surface area contributed by atoms with Gasteiger partial charge < -0.3 is 5.11 Å². The van der Waals surface area contributed by atoms with Gasteiger partial charge in [-0.25, -0.2) is 0 Å². The Hall–Kier alpha value is -0.370. The van der Waals surface area contributed by atoms with Crippen LogP contribution in [-0.4, -0.2) is 17.0 Å². The molecular weight excluding hydrogens is 152 g/mol. The molecule has 0 aliphatic heterocycles. The highest BCUT2D eigenvalue weighted by Gasteiger charge is 2.33. The van der Waals surface area contributed by atoms with Crippen LogP contribution in [0.5, 0.6) is 0 Å². The zero-order chi connectivity index (χ0) is 8.55. The number of carbonyl (C=O) groups excluding carboxylic acids is 1. The zero-order valence-corrected chi connectivity index (χ0v) is 7.33. The fourth-order valence-corrected chi connectivity index (χ4v) is 2.67. The van der Waals surface area contributed by atoms with Crippen molar-refractivity contribution in [2.24, 2.45) is 11.8 Å². The van der Waals surface area contributed by atoms with Crippen molar-refractivity contribution in [1.82, 2.24) is 0 Å². The Labute approximate surface area is 73.0 Å². The van der Waals surface area contributed by atoms with Crippen LogP contribution in [0.25, 0.3) is 0 Å². The molecule has 12 heavy (non-hydrogen) atoms. The molecule has 0 radical (unpaired) electrons. The van der Waals surface area contributed by atoms with Crippen LogP contribution in [0.1, 0.15) is 38.5 Å². The SMILES string of the molecule is O=C1CC[C@@H]2C[C@@H](O)CC[C@H]2C1.